The number of hydrogen-bond acceptors (Lipinski definition) is 3. The summed E-state index contributed by atoms with van der Waals surface area (Å²) in [7, 11) is 4.14. The maximum absolute atomic E-state index is 4.42. The average Bonchev–Trinajstić information content (AvgIpc) is 2.73. The monoisotopic (exact) mass is 217 g/mol. The van der Waals surface area contributed by atoms with Crippen LogP contribution >= 0.6 is 0 Å². The molecule has 1 aromatic carbocycles. The SMILES string of the molecule is Cc1ccc(NC2=NCCC2)cc1N(C)C. The molecule has 0 fully saturated rings. The summed E-state index contributed by atoms with van der Waals surface area (Å²) in [6.07, 6.45) is 2.25. The van der Waals surface area contributed by atoms with Crippen molar-refractivity contribution in [3.8, 4) is 0 Å². The minimum atomic E-state index is 0.967. The Labute approximate surface area is 97.2 Å². The number of aryl methyl sites for hydroxylation is 1. The van der Waals surface area contributed by atoms with Gasteiger partial charge < -0.3 is 10.2 Å². The molecule has 86 valence electrons. The van der Waals surface area contributed by atoms with E-state index in [-0.39, 0.29) is 0 Å². The predicted molar refractivity (Wildman–Crippen MR) is 70.7 cm³/mol. The lowest BCUT2D eigenvalue weighted by Crippen LogP contribution is -2.12. The summed E-state index contributed by atoms with van der Waals surface area (Å²) in [6, 6.07) is 6.44. The van der Waals surface area contributed by atoms with Gasteiger partial charge in [0, 0.05) is 38.4 Å². The summed E-state index contributed by atoms with van der Waals surface area (Å²) in [4.78, 5) is 6.56. The largest absolute Gasteiger partial charge is 0.377 e. The van der Waals surface area contributed by atoms with E-state index < -0.39 is 0 Å². The number of hydrogen-bond donors (Lipinski definition) is 1. The van der Waals surface area contributed by atoms with E-state index in [0.717, 1.165) is 24.5 Å². The fourth-order valence-electron chi connectivity index (χ4n) is 1.98. The molecule has 0 saturated carbocycles. The van der Waals surface area contributed by atoms with E-state index in [1.165, 1.54) is 17.7 Å². The third-order valence-electron chi connectivity index (χ3n) is 2.85. The van der Waals surface area contributed by atoms with Gasteiger partial charge in [-0.15, -0.1) is 0 Å². The Morgan fingerprint density at radius 3 is 2.75 bits per heavy atom. The molecule has 0 atom stereocenters. The van der Waals surface area contributed by atoms with Crippen LogP contribution in [0, 0.1) is 6.92 Å². The van der Waals surface area contributed by atoms with Crippen LogP contribution in [0.1, 0.15) is 18.4 Å². The zero-order chi connectivity index (χ0) is 11.5. The number of anilines is 2. The smallest absolute Gasteiger partial charge is 0.101 e. The zero-order valence-corrected chi connectivity index (χ0v) is 10.2. The van der Waals surface area contributed by atoms with Crippen LogP contribution in [-0.4, -0.2) is 26.5 Å². The van der Waals surface area contributed by atoms with E-state index in [9.17, 15) is 0 Å². The minimum Gasteiger partial charge on any atom is -0.377 e. The van der Waals surface area contributed by atoms with Crippen LogP contribution in [-0.2, 0) is 0 Å². The summed E-state index contributed by atoms with van der Waals surface area (Å²) >= 11 is 0. The van der Waals surface area contributed by atoms with Gasteiger partial charge in [-0.2, -0.15) is 0 Å². The van der Waals surface area contributed by atoms with Gasteiger partial charge in [0.1, 0.15) is 5.84 Å². The van der Waals surface area contributed by atoms with Crippen LogP contribution < -0.4 is 10.2 Å². The van der Waals surface area contributed by atoms with Crippen molar-refractivity contribution in [1.82, 2.24) is 0 Å². The normalized spacial score (nSPS) is 14.8. The van der Waals surface area contributed by atoms with Gasteiger partial charge in [0.05, 0.1) is 0 Å². The van der Waals surface area contributed by atoms with E-state index in [4.69, 9.17) is 0 Å². The zero-order valence-electron chi connectivity index (χ0n) is 10.2. The maximum Gasteiger partial charge on any atom is 0.101 e. The lowest BCUT2D eigenvalue weighted by atomic mass is 10.1. The first-order valence-electron chi connectivity index (χ1n) is 5.75. The van der Waals surface area contributed by atoms with Gasteiger partial charge in [-0.3, -0.25) is 4.99 Å². The molecule has 0 unspecified atom stereocenters. The van der Waals surface area contributed by atoms with Crippen molar-refractivity contribution in [2.24, 2.45) is 4.99 Å². The minimum absolute atomic E-state index is 0.967. The van der Waals surface area contributed by atoms with E-state index in [1.807, 2.05) is 0 Å². The summed E-state index contributed by atoms with van der Waals surface area (Å²) in [6.45, 7) is 3.10. The van der Waals surface area contributed by atoms with E-state index in [0.29, 0.717) is 0 Å². The number of nitrogens with one attached hydrogen (secondary N) is 1. The summed E-state index contributed by atoms with van der Waals surface area (Å²) in [5, 5.41) is 3.39. The van der Waals surface area contributed by atoms with Crippen LogP contribution in [0.2, 0.25) is 0 Å². The third-order valence-corrected chi connectivity index (χ3v) is 2.85. The highest BCUT2D eigenvalue weighted by molar-refractivity contribution is 5.96. The van der Waals surface area contributed by atoms with Crippen LogP contribution in [0.4, 0.5) is 11.4 Å². The first-order valence-corrected chi connectivity index (χ1v) is 5.75. The first kappa shape index (κ1) is 11.0. The van der Waals surface area contributed by atoms with Crippen molar-refractivity contribution in [1.29, 1.82) is 0 Å². The molecule has 1 aliphatic heterocycles. The molecule has 0 spiro atoms. The molecule has 2 rings (SSSR count). The van der Waals surface area contributed by atoms with Gasteiger partial charge in [-0.25, -0.2) is 0 Å². The Bertz CT molecular complexity index is 408. The highest BCUT2D eigenvalue weighted by Crippen LogP contribution is 2.23. The van der Waals surface area contributed by atoms with Gasteiger partial charge in [0.15, 0.2) is 0 Å². The number of amidine groups is 1. The number of benzene rings is 1. The molecule has 0 aliphatic carbocycles. The van der Waals surface area contributed by atoms with Crippen LogP contribution in [0.5, 0.6) is 0 Å². The highest BCUT2D eigenvalue weighted by atomic mass is 15.1. The number of aliphatic imine (C=N–C) groups is 1. The molecule has 0 radical (unpaired) electrons. The Morgan fingerprint density at radius 2 is 2.12 bits per heavy atom. The van der Waals surface area contributed by atoms with Gasteiger partial charge in [-0.05, 0) is 31.0 Å². The van der Waals surface area contributed by atoms with Gasteiger partial charge >= 0.3 is 0 Å². The second-order valence-electron chi connectivity index (χ2n) is 4.45. The predicted octanol–water partition coefficient (Wildman–Crippen LogP) is 2.67. The van der Waals surface area contributed by atoms with Crippen LogP contribution in [0.15, 0.2) is 23.2 Å². The van der Waals surface area contributed by atoms with E-state index in [1.54, 1.807) is 0 Å². The molecule has 0 saturated heterocycles. The molecule has 0 amide bonds. The average molecular weight is 217 g/mol. The molecular weight excluding hydrogens is 198 g/mol. The molecule has 3 heteroatoms. The Balaban J connectivity index is 2.18. The fraction of sp³-hybridized carbons (Fsp3) is 0.462. The highest BCUT2D eigenvalue weighted by Gasteiger charge is 2.07. The first-order chi connectivity index (χ1) is 7.66. The molecule has 16 heavy (non-hydrogen) atoms. The molecule has 1 aromatic rings. The molecule has 0 aromatic heterocycles. The lowest BCUT2D eigenvalue weighted by molar-refractivity contribution is 0.951. The summed E-state index contributed by atoms with van der Waals surface area (Å²) in [5.41, 5.74) is 3.68. The second kappa shape index (κ2) is 4.56. The molecule has 3 nitrogen and oxygen atoms in total. The van der Waals surface area contributed by atoms with Gasteiger partial charge in [0.2, 0.25) is 0 Å². The lowest BCUT2D eigenvalue weighted by Gasteiger charge is -2.17. The molecule has 1 heterocycles. The molecule has 1 N–H and O–H groups in total. The van der Waals surface area contributed by atoms with Crippen molar-refractivity contribution < 1.29 is 0 Å². The van der Waals surface area contributed by atoms with Crippen molar-refractivity contribution in [2.75, 3.05) is 30.9 Å². The standard InChI is InChI=1S/C13H19N3/c1-10-6-7-11(9-12(10)16(2)3)15-13-5-4-8-14-13/h6-7,9H,4-5,8H2,1-3H3,(H,14,15). The maximum atomic E-state index is 4.42. The van der Waals surface area contributed by atoms with Crippen LogP contribution in [0.3, 0.4) is 0 Å². The molecule has 0 bridgehead atoms. The Kier molecular flexibility index (Phi) is 3.13. The van der Waals surface area contributed by atoms with Crippen molar-refractivity contribution in [2.45, 2.75) is 19.8 Å². The Hall–Kier alpha value is -1.51. The van der Waals surface area contributed by atoms with E-state index in [2.05, 4.69) is 54.4 Å². The Morgan fingerprint density at radius 1 is 1.31 bits per heavy atom. The fourth-order valence-corrected chi connectivity index (χ4v) is 1.98. The van der Waals surface area contributed by atoms with Crippen molar-refractivity contribution >= 4 is 17.2 Å². The van der Waals surface area contributed by atoms with Crippen LogP contribution in [0.25, 0.3) is 0 Å². The molecule has 1 aliphatic rings. The van der Waals surface area contributed by atoms with Crippen molar-refractivity contribution in [3.63, 3.8) is 0 Å². The molecular formula is C13H19N3. The van der Waals surface area contributed by atoms with Gasteiger partial charge in [-0.1, -0.05) is 6.07 Å². The third kappa shape index (κ3) is 2.35. The van der Waals surface area contributed by atoms with Crippen molar-refractivity contribution in [3.05, 3.63) is 23.8 Å². The number of nitrogens with zero attached hydrogens (tertiary/aromatic N) is 2. The number of rotatable bonds is 2. The van der Waals surface area contributed by atoms with Gasteiger partial charge in [0.25, 0.3) is 0 Å². The summed E-state index contributed by atoms with van der Waals surface area (Å²) in [5.74, 6) is 1.12. The van der Waals surface area contributed by atoms with E-state index >= 15 is 0 Å². The second-order valence-corrected chi connectivity index (χ2v) is 4.45. The topological polar surface area (TPSA) is 27.6 Å². The summed E-state index contributed by atoms with van der Waals surface area (Å²) < 4.78 is 0. The quantitative estimate of drug-likeness (QED) is 0.824.